The van der Waals surface area contributed by atoms with Crippen molar-refractivity contribution in [3.8, 4) is 0 Å². The Hall–Kier alpha value is -0.213. The minimum atomic E-state index is -1.25. The van der Waals surface area contributed by atoms with Gasteiger partial charge in [-0.25, -0.2) is 0 Å². The van der Waals surface area contributed by atoms with Crippen LogP contribution in [0, 0.1) is 0 Å². The SMILES string of the molecule is C[Si](C)(c1ccccc1)C1CCCCCS1. The number of thioether (sulfide) groups is 1. The molecule has 2 heteroatoms. The average molecular weight is 250 g/mol. The van der Waals surface area contributed by atoms with Crippen molar-refractivity contribution in [1.82, 2.24) is 0 Å². The van der Waals surface area contributed by atoms with Crippen LogP contribution in [0.2, 0.25) is 13.1 Å². The van der Waals surface area contributed by atoms with E-state index in [2.05, 4.69) is 55.2 Å². The van der Waals surface area contributed by atoms with Crippen LogP contribution in [-0.4, -0.2) is 18.7 Å². The van der Waals surface area contributed by atoms with Gasteiger partial charge in [-0.15, -0.1) is 0 Å². The molecule has 1 saturated heterocycles. The summed E-state index contributed by atoms with van der Waals surface area (Å²) in [5, 5.41) is 1.63. The van der Waals surface area contributed by atoms with Crippen LogP contribution < -0.4 is 5.19 Å². The van der Waals surface area contributed by atoms with Crippen molar-refractivity contribution in [3.63, 3.8) is 0 Å². The summed E-state index contributed by atoms with van der Waals surface area (Å²) in [6.07, 6.45) is 5.77. The summed E-state index contributed by atoms with van der Waals surface area (Å²) in [5.74, 6) is 1.38. The number of hydrogen-bond acceptors (Lipinski definition) is 1. The highest BCUT2D eigenvalue weighted by Crippen LogP contribution is 2.31. The van der Waals surface area contributed by atoms with Gasteiger partial charge in [0, 0.05) is 4.87 Å². The van der Waals surface area contributed by atoms with Crippen molar-refractivity contribution >= 4 is 25.0 Å². The molecule has 1 unspecified atom stereocenters. The average Bonchev–Trinajstić information content (AvgIpc) is 2.59. The fraction of sp³-hybridized carbons (Fsp3) is 0.571. The van der Waals surface area contributed by atoms with E-state index >= 15 is 0 Å². The molecular weight excluding hydrogens is 228 g/mol. The Bertz CT molecular complexity index is 313. The van der Waals surface area contributed by atoms with E-state index in [0.717, 1.165) is 4.87 Å². The van der Waals surface area contributed by atoms with Crippen LogP contribution in [0.3, 0.4) is 0 Å². The molecule has 1 heterocycles. The molecule has 1 aliphatic rings. The first-order valence-corrected chi connectivity index (χ1v) is 10.5. The zero-order valence-corrected chi connectivity index (χ0v) is 12.2. The van der Waals surface area contributed by atoms with Crippen molar-refractivity contribution in [1.29, 1.82) is 0 Å². The van der Waals surface area contributed by atoms with Gasteiger partial charge < -0.3 is 0 Å². The molecule has 16 heavy (non-hydrogen) atoms. The van der Waals surface area contributed by atoms with Crippen LogP contribution in [0.5, 0.6) is 0 Å². The van der Waals surface area contributed by atoms with Crippen LogP contribution in [0.1, 0.15) is 25.7 Å². The Balaban J connectivity index is 2.16. The molecule has 88 valence electrons. The molecule has 1 aromatic carbocycles. The summed E-state index contributed by atoms with van der Waals surface area (Å²) in [7, 11) is -1.25. The summed E-state index contributed by atoms with van der Waals surface area (Å²) in [5.41, 5.74) is 0. The predicted molar refractivity (Wildman–Crippen MR) is 78.3 cm³/mol. The van der Waals surface area contributed by atoms with Gasteiger partial charge in [0.25, 0.3) is 0 Å². The van der Waals surface area contributed by atoms with E-state index in [-0.39, 0.29) is 0 Å². The summed E-state index contributed by atoms with van der Waals surface area (Å²) >= 11 is 2.25. The Morgan fingerprint density at radius 3 is 2.56 bits per heavy atom. The van der Waals surface area contributed by atoms with Gasteiger partial charge in [-0.2, -0.15) is 11.8 Å². The van der Waals surface area contributed by atoms with Crippen molar-refractivity contribution < 1.29 is 0 Å². The number of benzene rings is 1. The summed E-state index contributed by atoms with van der Waals surface area (Å²) in [4.78, 5) is 0.928. The molecule has 0 amide bonds. The van der Waals surface area contributed by atoms with Crippen molar-refractivity contribution in [2.75, 3.05) is 5.75 Å². The quantitative estimate of drug-likeness (QED) is 0.719. The smallest absolute Gasteiger partial charge is 0.0937 e. The van der Waals surface area contributed by atoms with Crippen LogP contribution in [0.15, 0.2) is 30.3 Å². The standard InChI is InChI=1S/C14H22SSi/c1-16(2,13-9-5-3-6-10-13)14-11-7-4-8-12-15-14/h3,5-6,9-10,14H,4,7-8,11-12H2,1-2H3. The van der Waals surface area contributed by atoms with Crippen molar-refractivity contribution in [2.24, 2.45) is 0 Å². The zero-order valence-electron chi connectivity index (χ0n) is 10.4. The Morgan fingerprint density at radius 1 is 1.06 bits per heavy atom. The Labute approximate surface area is 105 Å². The first-order valence-electron chi connectivity index (χ1n) is 6.38. The van der Waals surface area contributed by atoms with E-state index in [4.69, 9.17) is 0 Å². The highest BCUT2D eigenvalue weighted by Gasteiger charge is 2.33. The van der Waals surface area contributed by atoms with Gasteiger partial charge in [0.15, 0.2) is 0 Å². The minimum absolute atomic E-state index is 0.928. The zero-order chi connectivity index (χ0) is 11.4. The molecule has 1 aliphatic heterocycles. The lowest BCUT2D eigenvalue weighted by molar-refractivity contribution is 0.710. The fourth-order valence-electron chi connectivity index (χ4n) is 2.54. The molecule has 0 nitrogen and oxygen atoms in total. The summed E-state index contributed by atoms with van der Waals surface area (Å²) in [6.45, 7) is 5.09. The van der Waals surface area contributed by atoms with E-state index in [1.54, 1.807) is 5.19 Å². The monoisotopic (exact) mass is 250 g/mol. The van der Waals surface area contributed by atoms with Crippen LogP contribution >= 0.6 is 11.8 Å². The van der Waals surface area contributed by atoms with E-state index in [9.17, 15) is 0 Å². The van der Waals surface area contributed by atoms with Gasteiger partial charge in [0.2, 0.25) is 0 Å². The van der Waals surface area contributed by atoms with Gasteiger partial charge in [0.1, 0.15) is 0 Å². The molecule has 1 aromatic rings. The van der Waals surface area contributed by atoms with E-state index in [1.165, 1.54) is 31.4 Å². The van der Waals surface area contributed by atoms with E-state index < -0.39 is 8.07 Å². The molecule has 0 spiro atoms. The summed E-state index contributed by atoms with van der Waals surface area (Å²) < 4.78 is 0. The topological polar surface area (TPSA) is 0 Å². The minimum Gasteiger partial charge on any atom is -0.161 e. The molecule has 0 aromatic heterocycles. The van der Waals surface area contributed by atoms with Crippen LogP contribution in [-0.2, 0) is 0 Å². The normalized spacial score (nSPS) is 22.8. The second-order valence-electron chi connectivity index (χ2n) is 5.30. The van der Waals surface area contributed by atoms with Gasteiger partial charge in [-0.1, -0.05) is 61.5 Å². The largest absolute Gasteiger partial charge is 0.161 e. The molecule has 0 saturated carbocycles. The third-order valence-electron chi connectivity index (χ3n) is 3.75. The lowest BCUT2D eigenvalue weighted by atomic mass is 10.2. The maximum atomic E-state index is 2.55. The summed E-state index contributed by atoms with van der Waals surface area (Å²) in [6, 6.07) is 11.2. The number of hydrogen-bond donors (Lipinski definition) is 0. The molecular formula is C14H22SSi. The van der Waals surface area contributed by atoms with Crippen LogP contribution in [0.25, 0.3) is 0 Å². The van der Waals surface area contributed by atoms with Gasteiger partial charge in [-0.05, 0) is 18.6 Å². The second kappa shape index (κ2) is 5.41. The molecule has 0 radical (unpaired) electrons. The molecule has 0 N–H and O–H groups in total. The van der Waals surface area contributed by atoms with Crippen molar-refractivity contribution in [2.45, 2.75) is 43.7 Å². The van der Waals surface area contributed by atoms with Gasteiger partial charge in [-0.3, -0.25) is 0 Å². The highest BCUT2D eigenvalue weighted by molar-refractivity contribution is 8.01. The predicted octanol–water partition coefficient (Wildman–Crippen LogP) is 3.82. The molecule has 0 aliphatic carbocycles. The Kier molecular flexibility index (Phi) is 4.14. The lowest BCUT2D eigenvalue weighted by Crippen LogP contribution is -2.51. The van der Waals surface area contributed by atoms with Gasteiger partial charge in [0.05, 0.1) is 8.07 Å². The highest BCUT2D eigenvalue weighted by atomic mass is 32.2. The molecule has 1 atom stereocenters. The maximum Gasteiger partial charge on any atom is 0.0937 e. The van der Waals surface area contributed by atoms with Crippen LogP contribution in [0.4, 0.5) is 0 Å². The Morgan fingerprint density at radius 2 is 1.81 bits per heavy atom. The first-order chi connectivity index (χ1) is 7.71. The number of rotatable bonds is 2. The van der Waals surface area contributed by atoms with Crippen molar-refractivity contribution in [3.05, 3.63) is 30.3 Å². The fourth-order valence-corrected chi connectivity index (χ4v) is 8.31. The first kappa shape index (κ1) is 12.2. The molecule has 0 bridgehead atoms. The third kappa shape index (κ3) is 2.72. The third-order valence-corrected chi connectivity index (χ3v) is 10.9. The van der Waals surface area contributed by atoms with Gasteiger partial charge >= 0.3 is 0 Å². The lowest BCUT2D eigenvalue weighted by Gasteiger charge is -2.31. The second-order valence-corrected chi connectivity index (χ2v) is 11.7. The maximum absolute atomic E-state index is 2.55. The van der Waals surface area contributed by atoms with E-state index in [0.29, 0.717) is 0 Å². The molecule has 1 fully saturated rings. The van der Waals surface area contributed by atoms with E-state index in [1.807, 2.05) is 0 Å². The molecule has 2 rings (SSSR count).